The normalized spacial score (nSPS) is 11.6. The van der Waals surface area contributed by atoms with Gasteiger partial charge in [-0.3, -0.25) is 4.79 Å². The van der Waals surface area contributed by atoms with Gasteiger partial charge < -0.3 is 11.1 Å². The Morgan fingerprint density at radius 3 is 2.74 bits per heavy atom. The van der Waals surface area contributed by atoms with Gasteiger partial charge in [0.15, 0.2) is 0 Å². The molecule has 0 saturated carbocycles. The molecule has 1 rings (SSSR count). The van der Waals surface area contributed by atoms with Gasteiger partial charge in [-0.25, -0.2) is 17.7 Å². The molecule has 0 unspecified atom stereocenters. The second-order valence-electron chi connectivity index (χ2n) is 3.96. The number of hydrogen-bond donors (Lipinski definition) is 2. The van der Waals surface area contributed by atoms with Crippen LogP contribution < -0.4 is 11.1 Å². The quantitative estimate of drug-likeness (QED) is 0.741. The Labute approximate surface area is 116 Å². The minimum absolute atomic E-state index is 0.0159. The molecule has 0 bridgehead atoms. The Bertz CT molecular complexity index is 574. The van der Waals surface area contributed by atoms with E-state index in [4.69, 9.17) is 17.3 Å². The maximum absolute atomic E-state index is 11.8. The summed E-state index contributed by atoms with van der Waals surface area (Å²) in [5.74, 6) is -0.710. The Kier molecular flexibility index (Phi) is 5.10. The highest BCUT2D eigenvalue weighted by Crippen LogP contribution is 2.15. The van der Waals surface area contributed by atoms with Gasteiger partial charge in [-0.05, 0) is 6.07 Å². The zero-order chi connectivity index (χ0) is 14.6. The molecule has 0 aromatic carbocycles. The van der Waals surface area contributed by atoms with Crippen molar-refractivity contribution in [3.63, 3.8) is 0 Å². The highest BCUT2D eigenvalue weighted by Gasteiger charge is 2.16. The summed E-state index contributed by atoms with van der Waals surface area (Å²) in [5, 5.41) is 2.47. The number of nitrogens with two attached hydrogens (primary N) is 1. The maximum atomic E-state index is 11.8. The van der Waals surface area contributed by atoms with E-state index >= 15 is 0 Å². The van der Waals surface area contributed by atoms with Gasteiger partial charge in [0.1, 0.15) is 5.15 Å². The number of pyridine rings is 1. The van der Waals surface area contributed by atoms with Crippen LogP contribution in [0.25, 0.3) is 0 Å². The van der Waals surface area contributed by atoms with Gasteiger partial charge in [-0.1, -0.05) is 11.6 Å². The lowest BCUT2D eigenvalue weighted by Crippen LogP contribution is -2.34. The lowest BCUT2D eigenvalue weighted by molar-refractivity contribution is 0.0956. The number of nitrogens with zero attached hydrogens (tertiary/aromatic N) is 2. The van der Waals surface area contributed by atoms with Crippen LogP contribution >= 0.6 is 11.6 Å². The minimum atomic E-state index is -3.35. The lowest BCUT2D eigenvalue weighted by atomic mass is 10.2. The van der Waals surface area contributed by atoms with Crippen LogP contribution in [0.15, 0.2) is 12.3 Å². The standard InChI is InChI=1S/C10H15ClN4O3S/c1-15(2)19(17,18)4-3-13-10(16)8-5-7(12)6-14-9(8)11/h5-6H,3-4,12H2,1-2H3,(H,13,16). The fraction of sp³-hybridized carbons (Fsp3) is 0.400. The molecule has 0 aliphatic rings. The Morgan fingerprint density at radius 2 is 2.16 bits per heavy atom. The van der Waals surface area contributed by atoms with E-state index in [-0.39, 0.29) is 23.0 Å². The summed E-state index contributed by atoms with van der Waals surface area (Å²) in [5.41, 5.74) is 5.92. The molecule has 106 valence electrons. The number of halogens is 1. The van der Waals surface area contributed by atoms with E-state index in [1.165, 1.54) is 26.4 Å². The number of carbonyl (C=O) groups is 1. The topological polar surface area (TPSA) is 105 Å². The third-order valence-corrected chi connectivity index (χ3v) is 4.44. The number of anilines is 1. The van der Waals surface area contributed by atoms with Crippen molar-refractivity contribution in [2.24, 2.45) is 0 Å². The monoisotopic (exact) mass is 306 g/mol. The highest BCUT2D eigenvalue weighted by atomic mass is 35.5. The first-order valence-electron chi connectivity index (χ1n) is 5.33. The van der Waals surface area contributed by atoms with Crippen molar-refractivity contribution in [1.29, 1.82) is 0 Å². The van der Waals surface area contributed by atoms with E-state index in [9.17, 15) is 13.2 Å². The van der Waals surface area contributed by atoms with E-state index < -0.39 is 15.9 Å². The molecule has 0 aliphatic heterocycles. The van der Waals surface area contributed by atoms with Crippen LogP contribution in [0, 0.1) is 0 Å². The van der Waals surface area contributed by atoms with Crippen molar-refractivity contribution < 1.29 is 13.2 Å². The fourth-order valence-electron chi connectivity index (χ4n) is 1.19. The van der Waals surface area contributed by atoms with Gasteiger partial charge in [0.05, 0.1) is 23.2 Å². The fourth-order valence-corrected chi connectivity index (χ4v) is 2.11. The molecule has 3 N–H and O–H groups in total. The smallest absolute Gasteiger partial charge is 0.254 e. The molecule has 1 heterocycles. The molecule has 0 aliphatic carbocycles. The van der Waals surface area contributed by atoms with E-state index in [0.717, 1.165) is 4.31 Å². The van der Waals surface area contributed by atoms with Crippen molar-refractivity contribution in [1.82, 2.24) is 14.6 Å². The molecule has 9 heteroatoms. The van der Waals surface area contributed by atoms with Gasteiger partial charge in [0.2, 0.25) is 10.0 Å². The summed E-state index contributed by atoms with van der Waals surface area (Å²) in [6.45, 7) is -0.0233. The molecular formula is C10H15ClN4O3S. The van der Waals surface area contributed by atoms with Gasteiger partial charge >= 0.3 is 0 Å². The van der Waals surface area contributed by atoms with Crippen LogP contribution in [0.5, 0.6) is 0 Å². The van der Waals surface area contributed by atoms with E-state index in [0.29, 0.717) is 5.69 Å². The summed E-state index contributed by atoms with van der Waals surface area (Å²) >= 11 is 5.76. The summed E-state index contributed by atoms with van der Waals surface area (Å²) in [6, 6.07) is 1.38. The summed E-state index contributed by atoms with van der Waals surface area (Å²) in [6.07, 6.45) is 1.33. The van der Waals surface area contributed by atoms with Gasteiger partial charge in [0, 0.05) is 20.6 Å². The predicted molar refractivity (Wildman–Crippen MR) is 73.5 cm³/mol. The number of hydrogen-bond acceptors (Lipinski definition) is 5. The molecule has 19 heavy (non-hydrogen) atoms. The van der Waals surface area contributed by atoms with Crippen molar-refractivity contribution in [3.8, 4) is 0 Å². The number of carbonyl (C=O) groups excluding carboxylic acids is 1. The van der Waals surface area contributed by atoms with Crippen molar-refractivity contribution >= 4 is 33.2 Å². The molecule has 7 nitrogen and oxygen atoms in total. The first-order chi connectivity index (χ1) is 8.74. The van der Waals surface area contributed by atoms with Crippen LogP contribution in [0.2, 0.25) is 5.15 Å². The summed E-state index contributed by atoms with van der Waals surface area (Å²) < 4.78 is 24.1. The van der Waals surface area contributed by atoms with E-state index in [2.05, 4.69) is 10.3 Å². The maximum Gasteiger partial charge on any atom is 0.254 e. The molecule has 1 aromatic rings. The van der Waals surface area contributed by atoms with Crippen LogP contribution in [0.1, 0.15) is 10.4 Å². The van der Waals surface area contributed by atoms with Gasteiger partial charge in [0.25, 0.3) is 5.91 Å². The van der Waals surface area contributed by atoms with Crippen LogP contribution in [-0.4, -0.2) is 50.0 Å². The van der Waals surface area contributed by atoms with E-state index in [1.54, 1.807) is 0 Å². The zero-order valence-electron chi connectivity index (χ0n) is 10.6. The molecule has 0 spiro atoms. The Morgan fingerprint density at radius 1 is 1.53 bits per heavy atom. The average molecular weight is 307 g/mol. The predicted octanol–water partition coefficient (Wildman–Crippen LogP) is -0.0616. The number of sulfonamides is 1. The first-order valence-corrected chi connectivity index (χ1v) is 7.32. The summed E-state index contributed by atoms with van der Waals surface area (Å²) in [7, 11) is -0.496. The minimum Gasteiger partial charge on any atom is -0.397 e. The lowest BCUT2D eigenvalue weighted by Gasteiger charge is -2.11. The largest absolute Gasteiger partial charge is 0.397 e. The van der Waals surface area contributed by atoms with Crippen molar-refractivity contribution in [2.75, 3.05) is 32.1 Å². The molecule has 0 radical (unpaired) electrons. The van der Waals surface area contributed by atoms with Crippen molar-refractivity contribution in [3.05, 3.63) is 23.0 Å². The molecule has 0 fully saturated rings. The molecule has 0 atom stereocenters. The third kappa shape index (κ3) is 4.34. The number of nitrogen functional groups attached to an aromatic ring is 1. The van der Waals surface area contributed by atoms with Crippen molar-refractivity contribution in [2.45, 2.75) is 0 Å². The third-order valence-electron chi connectivity index (χ3n) is 2.31. The number of nitrogens with one attached hydrogen (secondary N) is 1. The average Bonchev–Trinajstić information content (AvgIpc) is 2.31. The molecular weight excluding hydrogens is 292 g/mol. The van der Waals surface area contributed by atoms with Gasteiger partial charge in [-0.2, -0.15) is 0 Å². The number of rotatable bonds is 5. The SMILES string of the molecule is CN(C)S(=O)(=O)CCNC(=O)c1cc(N)cnc1Cl. The number of aromatic nitrogens is 1. The van der Waals surface area contributed by atoms with Crippen LogP contribution in [0.4, 0.5) is 5.69 Å². The Balaban J connectivity index is 2.64. The highest BCUT2D eigenvalue weighted by molar-refractivity contribution is 7.89. The molecule has 0 saturated heterocycles. The molecule has 1 amide bonds. The second-order valence-corrected chi connectivity index (χ2v) is 6.62. The van der Waals surface area contributed by atoms with Crippen LogP contribution in [0.3, 0.4) is 0 Å². The summed E-state index contributed by atoms with van der Waals surface area (Å²) in [4.78, 5) is 15.5. The number of amides is 1. The van der Waals surface area contributed by atoms with E-state index in [1.807, 2.05) is 0 Å². The molecule has 1 aromatic heterocycles. The van der Waals surface area contributed by atoms with Crippen LogP contribution in [-0.2, 0) is 10.0 Å². The zero-order valence-corrected chi connectivity index (χ0v) is 12.1. The van der Waals surface area contributed by atoms with Gasteiger partial charge in [-0.15, -0.1) is 0 Å². The second kappa shape index (κ2) is 6.18. The Hall–Kier alpha value is -1.38. The first kappa shape index (κ1) is 15.7.